The Morgan fingerprint density at radius 3 is 1.18 bits per heavy atom. The van der Waals surface area contributed by atoms with Crippen molar-refractivity contribution in [2.24, 2.45) is 0 Å². The SMILES string of the molecule is CO[Si](CCCSCCC(=O)OCCOC(=O)CCSCCC[Si](OC)(OC)OC)(OC)OC. The molecule has 0 amide bonds. The van der Waals surface area contributed by atoms with Gasteiger partial charge in [0, 0.05) is 66.3 Å². The Bertz CT molecular complexity index is 475. The summed E-state index contributed by atoms with van der Waals surface area (Å²) in [4.78, 5) is 23.5. The molecule has 0 saturated heterocycles. The second-order valence-electron chi connectivity index (χ2n) is 6.96. The average molecular weight is 563 g/mol. The van der Waals surface area contributed by atoms with Gasteiger partial charge in [-0.05, 0) is 24.3 Å². The Morgan fingerprint density at radius 1 is 0.559 bits per heavy atom. The van der Waals surface area contributed by atoms with Crippen molar-refractivity contribution in [3.63, 3.8) is 0 Å². The van der Waals surface area contributed by atoms with Crippen LogP contribution >= 0.6 is 23.5 Å². The van der Waals surface area contributed by atoms with E-state index in [0.717, 1.165) is 36.4 Å². The van der Waals surface area contributed by atoms with Crippen LogP contribution in [0.1, 0.15) is 25.7 Å². The molecule has 14 heteroatoms. The Labute approximate surface area is 215 Å². The third-order valence-corrected chi connectivity index (χ3v) is 12.7. The van der Waals surface area contributed by atoms with Gasteiger partial charge in [-0.3, -0.25) is 9.59 Å². The largest absolute Gasteiger partial charge is 0.500 e. The Morgan fingerprint density at radius 2 is 0.882 bits per heavy atom. The second-order valence-corrected chi connectivity index (χ2v) is 15.6. The van der Waals surface area contributed by atoms with E-state index in [1.807, 2.05) is 0 Å². The summed E-state index contributed by atoms with van der Waals surface area (Å²) in [6, 6.07) is 1.46. The summed E-state index contributed by atoms with van der Waals surface area (Å²) in [5, 5.41) is 0. The highest BCUT2D eigenvalue weighted by molar-refractivity contribution is 7.99. The normalized spacial score (nSPS) is 12.1. The number of thioether (sulfide) groups is 2. The van der Waals surface area contributed by atoms with Crippen molar-refractivity contribution in [2.45, 2.75) is 37.8 Å². The highest BCUT2D eigenvalue weighted by atomic mass is 32.2. The number of hydrogen-bond donors (Lipinski definition) is 0. The molecule has 0 unspecified atom stereocenters. The van der Waals surface area contributed by atoms with Gasteiger partial charge >= 0.3 is 29.5 Å². The van der Waals surface area contributed by atoms with Crippen molar-refractivity contribution in [1.82, 2.24) is 0 Å². The van der Waals surface area contributed by atoms with Crippen LogP contribution in [-0.2, 0) is 45.6 Å². The highest BCUT2D eigenvalue weighted by Gasteiger charge is 2.37. The fourth-order valence-corrected chi connectivity index (χ4v) is 8.55. The van der Waals surface area contributed by atoms with E-state index in [9.17, 15) is 9.59 Å². The van der Waals surface area contributed by atoms with Crippen LogP contribution in [0.2, 0.25) is 12.1 Å². The monoisotopic (exact) mass is 562 g/mol. The van der Waals surface area contributed by atoms with E-state index in [4.69, 9.17) is 36.0 Å². The molecule has 0 aliphatic heterocycles. The lowest BCUT2D eigenvalue weighted by molar-refractivity contribution is -0.151. The first-order valence-corrected chi connectivity index (χ1v) is 17.3. The van der Waals surface area contributed by atoms with Crippen LogP contribution in [0.5, 0.6) is 0 Å². The summed E-state index contributed by atoms with van der Waals surface area (Å²) >= 11 is 3.33. The molecule has 10 nitrogen and oxygen atoms in total. The van der Waals surface area contributed by atoms with E-state index in [0.29, 0.717) is 24.3 Å². The molecule has 0 heterocycles. The van der Waals surface area contributed by atoms with Crippen molar-refractivity contribution in [1.29, 1.82) is 0 Å². The standard InChI is InChI=1S/C20H42O10S2Si2/c1-23-33(24-2,25-3)17-7-13-31-15-9-19(21)29-11-12-30-20(22)10-16-32-14-8-18-34(26-4,27-5)28-6/h7-18H2,1-6H3. The molecular weight excluding hydrogens is 521 g/mol. The van der Waals surface area contributed by atoms with Crippen LogP contribution in [0.4, 0.5) is 0 Å². The number of esters is 2. The van der Waals surface area contributed by atoms with Crippen molar-refractivity contribution in [2.75, 3.05) is 78.9 Å². The third kappa shape index (κ3) is 15.1. The molecule has 0 fully saturated rings. The quantitative estimate of drug-likeness (QED) is 0.104. The first-order valence-electron chi connectivity index (χ1n) is 11.1. The minimum atomic E-state index is -2.52. The van der Waals surface area contributed by atoms with E-state index in [2.05, 4.69) is 0 Å². The summed E-state index contributed by atoms with van der Waals surface area (Å²) in [6.07, 6.45) is 2.39. The first-order chi connectivity index (χ1) is 16.4. The van der Waals surface area contributed by atoms with Crippen LogP contribution in [-0.4, -0.2) is 108 Å². The van der Waals surface area contributed by atoms with Gasteiger partial charge in [0.25, 0.3) is 0 Å². The zero-order valence-corrected chi connectivity index (χ0v) is 25.0. The molecule has 0 aliphatic carbocycles. The minimum absolute atomic E-state index is 0.0732. The van der Waals surface area contributed by atoms with Gasteiger partial charge in [0.05, 0.1) is 12.8 Å². The van der Waals surface area contributed by atoms with Gasteiger partial charge in [0.15, 0.2) is 0 Å². The van der Waals surface area contributed by atoms with Crippen molar-refractivity contribution < 1.29 is 45.6 Å². The fourth-order valence-electron chi connectivity index (χ4n) is 2.86. The van der Waals surface area contributed by atoms with E-state index in [-0.39, 0.29) is 25.2 Å². The number of ether oxygens (including phenoxy) is 2. The average Bonchev–Trinajstić information content (AvgIpc) is 2.86. The zero-order valence-electron chi connectivity index (χ0n) is 21.4. The maximum atomic E-state index is 11.8. The lowest BCUT2D eigenvalue weighted by atomic mass is 10.5. The highest BCUT2D eigenvalue weighted by Crippen LogP contribution is 2.18. The molecule has 0 atom stereocenters. The zero-order chi connectivity index (χ0) is 25.7. The van der Waals surface area contributed by atoms with Gasteiger partial charge in [0.1, 0.15) is 13.2 Å². The minimum Gasteiger partial charge on any atom is -0.462 e. The molecule has 0 spiro atoms. The molecule has 0 bridgehead atoms. The van der Waals surface area contributed by atoms with Gasteiger partial charge in [-0.25, -0.2) is 0 Å². The van der Waals surface area contributed by atoms with Crippen LogP contribution in [0.15, 0.2) is 0 Å². The van der Waals surface area contributed by atoms with Crippen LogP contribution in [0.3, 0.4) is 0 Å². The van der Waals surface area contributed by atoms with Gasteiger partial charge in [-0.1, -0.05) is 0 Å². The molecule has 0 aromatic rings. The summed E-state index contributed by atoms with van der Waals surface area (Å²) in [7, 11) is 4.55. The van der Waals surface area contributed by atoms with Crippen molar-refractivity contribution in [3.8, 4) is 0 Å². The molecule has 0 aromatic carbocycles. The molecular formula is C20H42O10S2Si2. The smallest absolute Gasteiger partial charge is 0.462 e. The Hall–Kier alpha value is -0.166. The Kier molecular flexibility index (Phi) is 20.9. The first kappa shape index (κ1) is 33.8. The molecule has 0 saturated carbocycles. The van der Waals surface area contributed by atoms with Crippen LogP contribution < -0.4 is 0 Å². The van der Waals surface area contributed by atoms with Crippen molar-refractivity contribution in [3.05, 3.63) is 0 Å². The fraction of sp³-hybridized carbons (Fsp3) is 0.900. The van der Waals surface area contributed by atoms with Gasteiger partial charge in [-0.15, -0.1) is 0 Å². The van der Waals surface area contributed by atoms with Gasteiger partial charge in [-0.2, -0.15) is 23.5 Å². The van der Waals surface area contributed by atoms with Gasteiger partial charge < -0.3 is 36.0 Å². The molecule has 0 rings (SSSR count). The van der Waals surface area contributed by atoms with E-state index in [1.165, 1.54) is 0 Å². The lowest BCUT2D eigenvalue weighted by Crippen LogP contribution is -2.42. The predicted octanol–water partition coefficient (Wildman–Crippen LogP) is 2.86. The molecule has 34 heavy (non-hydrogen) atoms. The second kappa shape index (κ2) is 21.0. The summed E-state index contributed by atoms with van der Waals surface area (Å²) in [6.45, 7) is 0.146. The molecule has 0 aliphatic rings. The molecule has 0 radical (unpaired) electrons. The molecule has 0 N–H and O–H groups in total. The van der Waals surface area contributed by atoms with E-state index < -0.39 is 17.6 Å². The van der Waals surface area contributed by atoms with Crippen molar-refractivity contribution >= 4 is 53.1 Å². The third-order valence-electron chi connectivity index (χ3n) is 4.92. The number of carbonyl (C=O) groups excluding carboxylic acids is 2. The number of carbonyl (C=O) groups is 2. The topological polar surface area (TPSA) is 108 Å². The lowest BCUT2D eigenvalue weighted by Gasteiger charge is -2.24. The van der Waals surface area contributed by atoms with Gasteiger partial charge in [0.2, 0.25) is 0 Å². The molecule has 0 aromatic heterocycles. The van der Waals surface area contributed by atoms with Crippen LogP contribution in [0, 0.1) is 0 Å². The van der Waals surface area contributed by atoms with E-state index >= 15 is 0 Å². The molecule has 202 valence electrons. The summed E-state index contributed by atoms with van der Waals surface area (Å²) < 4.78 is 42.5. The number of hydrogen-bond acceptors (Lipinski definition) is 12. The summed E-state index contributed by atoms with van der Waals surface area (Å²) in [5.74, 6) is 2.50. The van der Waals surface area contributed by atoms with Crippen LogP contribution in [0.25, 0.3) is 0 Å². The number of rotatable bonds is 23. The maximum Gasteiger partial charge on any atom is 0.500 e. The van der Waals surface area contributed by atoms with E-state index in [1.54, 1.807) is 66.2 Å². The summed E-state index contributed by atoms with van der Waals surface area (Å²) in [5.41, 5.74) is 0. The predicted molar refractivity (Wildman–Crippen MR) is 138 cm³/mol. The maximum absolute atomic E-state index is 11.8. The Balaban J connectivity index is 3.65.